The Balaban J connectivity index is 2.61. The lowest BCUT2D eigenvalue weighted by Crippen LogP contribution is -2.40. The molecular weight excluding hydrogens is 216 g/mol. The smallest absolute Gasteiger partial charge is 0.241 e. The van der Waals surface area contributed by atoms with Crippen molar-refractivity contribution in [3.05, 3.63) is 24.3 Å². The second-order valence-electron chi connectivity index (χ2n) is 4.13. The van der Waals surface area contributed by atoms with Gasteiger partial charge in [0.1, 0.15) is 5.75 Å². The van der Waals surface area contributed by atoms with Crippen molar-refractivity contribution in [2.24, 2.45) is 11.7 Å². The molecule has 0 radical (unpaired) electrons. The molecule has 1 amide bonds. The summed E-state index contributed by atoms with van der Waals surface area (Å²) in [5.41, 5.74) is 6.57. The van der Waals surface area contributed by atoms with Gasteiger partial charge in [-0.15, -0.1) is 0 Å². The molecule has 3 N–H and O–H groups in total. The number of ether oxygens (including phenoxy) is 1. The second kappa shape index (κ2) is 6.25. The van der Waals surface area contributed by atoms with E-state index in [0.717, 1.165) is 17.9 Å². The molecule has 4 nitrogen and oxygen atoms in total. The van der Waals surface area contributed by atoms with Crippen LogP contribution in [0.2, 0.25) is 0 Å². The number of carbonyl (C=O) groups excluding carboxylic acids is 1. The molecular formula is C13H20N2O2. The molecule has 94 valence electrons. The van der Waals surface area contributed by atoms with Crippen molar-refractivity contribution in [3.8, 4) is 5.75 Å². The fourth-order valence-corrected chi connectivity index (χ4v) is 1.41. The van der Waals surface area contributed by atoms with E-state index in [9.17, 15) is 4.79 Å². The third kappa shape index (κ3) is 3.75. The predicted molar refractivity (Wildman–Crippen MR) is 69.1 cm³/mol. The molecule has 0 heterocycles. The molecule has 1 aromatic rings. The molecule has 0 aliphatic carbocycles. The highest BCUT2D eigenvalue weighted by Crippen LogP contribution is 2.16. The van der Waals surface area contributed by atoms with Crippen molar-refractivity contribution in [3.63, 3.8) is 0 Å². The van der Waals surface area contributed by atoms with Crippen LogP contribution in [0.15, 0.2) is 24.3 Å². The Labute approximate surface area is 102 Å². The summed E-state index contributed by atoms with van der Waals surface area (Å²) in [5, 5.41) is 2.79. The first-order chi connectivity index (χ1) is 8.08. The Morgan fingerprint density at radius 1 is 1.41 bits per heavy atom. The Hall–Kier alpha value is -1.55. The van der Waals surface area contributed by atoms with Crippen molar-refractivity contribution in [1.29, 1.82) is 0 Å². The minimum absolute atomic E-state index is 0.149. The number of carbonyl (C=O) groups is 1. The van der Waals surface area contributed by atoms with E-state index >= 15 is 0 Å². The molecule has 0 saturated heterocycles. The fourth-order valence-electron chi connectivity index (χ4n) is 1.41. The molecule has 0 aromatic heterocycles. The summed E-state index contributed by atoms with van der Waals surface area (Å²) in [6.45, 7) is 3.99. The molecule has 4 heteroatoms. The SMILES string of the molecule is CC[C@H](C)[C@H](N)C(=O)Nc1ccc(OC)cc1. The Morgan fingerprint density at radius 2 is 2.00 bits per heavy atom. The lowest BCUT2D eigenvalue weighted by atomic mass is 9.99. The van der Waals surface area contributed by atoms with Gasteiger partial charge >= 0.3 is 0 Å². The predicted octanol–water partition coefficient (Wildman–Crippen LogP) is 2.01. The molecule has 17 heavy (non-hydrogen) atoms. The van der Waals surface area contributed by atoms with Crippen molar-refractivity contribution in [1.82, 2.24) is 0 Å². The van der Waals surface area contributed by atoms with Crippen LogP contribution < -0.4 is 15.8 Å². The molecule has 0 saturated carbocycles. The average Bonchev–Trinajstić information content (AvgIpc) is 2.37. The van der Waals surface area contributed by atoms with Crippen LogP contribution in [-0.4, -0.2) is 19.1 Å². The van der Waals surface area contributed by atoms with Gasteiger partial charge in [0.15, 0.2) is 0 Å². The van der Waals surface area contributed by atoms with Crippen LogP contribution in [0.3, 0.4) is 0 Å². The van der Waals surface area contributed by atoms with E-state index in [1.54, 1.807) is 31.4 Å². The van der Waals surface area contributed by atoms with E-state index in [1.165, 1.54) is 0 Å². The monoisotopic (exact) mass is 236 g/mol. The van der Waals surface area contributed by atoms with Crippen LogP contribution in [0.5, 0.6) is 5.75 Å². The Bertz CT molecular complexity index is 362. The van der Waals surface area contributed by atoms with Gasteiger partial charge in [0.05, 0.1) is 13.2 Å². The van der Waals surface area contributed by atoms with Crippen LogP contribution in [0.4, 0.5) is 5.69 Å². The lowest BCUT2D eigenvalue weighted by molar-refractivity contribution is -0.118. The topological polar surface area (TPSA) is 64.4 Å². The van der Waals surface area contributed by atoms with Gasteiger partial charge in [-0.3, -0.25) is 4.79 Å². The maximum Gasteiger partial charge on any atom is 0.241 e. The van der Waals surface area contributed by atoms with Gasteiger partial charge in [0, 0.05) is 5.69 Å². The summed E-state index contributed by atoms with van der Waals surface area (Å²) < 4.78 is 5.04. The molecule has 0 bridgehead atoms. The maximum atomic E-state index is 11.8. The van der Waals surface area contributed by atoms with Gasteiger partial charge in [-0.1, -0.05) is 20.3 Å². The van der Waals surface area contributed by atoms with Gasteiger partial charge in [-0.2, -0.15) is 0 Å². The summed E-state index contributed by atoms with van der Waals surface area (Å²) >= 11 is 0. The highest BCUT2D eigenvalue weighted by atomic mass is 16.5. The molecule has 1 rings (SSSR count). The van der Waals surface area contributed by atoms with Crippen LogP contribution in [0.1, 0.15) is 20.3 Å². The van der Waals surface area contributed by atoms with Gasteiger partial charge in [-0.25, -0.2) is 0 Å². The van der Waals surface area contributed by atoms with E-state index in [2.05, 4.69) is 5.32 Å². The van der Waals surface area contributed by atoms with E-state index in [0.29, 0.717) is 0 Å². The first-order valence-corrected chi connectivity index (χ1v) is 5.79. The summed E-state index contributed by atoms with van der Waals surface area (Å²) in [7, 11) is 1.60. The molecule has 0 aliphatic heterocycles. The van der Waals surface area contributed by atoms with E-state index in [1.807, 2.05) is 13.8 Å². The van der Waals surface area contributed by atoms with Crippen LogP contribution in [0, 0.1) is 5.92 Å². The minimum atomic E-state index is -0.470. The highest BCUT2D eigenvalue weighted by molar-refractivity contribution is 5.94. The zero-order valence-electron chi connectivity index (χ0n) is 10.6. The van der Waals surface area contributed by atoms with Crippen molar-refractivity contribution < 1.29 is 9.53 Å². The number of amides is 1. The van der Waals surface area contributed by atoms with E-state index < -0.39 is 6.04 Å². The third-order valence-electron chi connectivity index (χ3n) is 2.92. The number of methoxy groups -OCH3 is 1. The molecule has 0 unspecified atom stereocenters. The molecule has 2 atom stereocenters. The van der Waals surface area contributed by atoms with Crippen molar-refractivity contribution in [2.75, 3.05) is 12.4 Å². The average molecular weight is 236 g/mol. The standard InChI is InChI=1S/C13H20N2O2/c1-4-9(2)12(14)13(16)15-10-5-7-11(17-3)8-6-10/h5-9,12H,4,14H2,1-3H3,(H,15,16)/t9-,12-/m0/s1. The fraction of sp³-hybridized carbons (Fsp3) is 0.462. The largest absolute Gasteiger partial charge is 0.497 e. The summed E-state index contributed by atoms with van der Waals surface area (Å²) in [6, 6.07) is 6.71. The van der Waals surface area contributed by atoms with Gasteiger partial charge < -0.3 is 15.8 Å². The molecule has 0 fully saturated rings. The molecule has 0 aliphatic rings. The van der Waals surface area contributed by atoms with E-state index in [-0.39, 0.29) is 11.8 Å². The van der Waals surface area contributed by atoms with Crippen LogP contribution in [0.25, 0.3) is 0 Å². The Morgan fingerprint density at radius 3 is 2.47 bits per heavy atom. The minimum Gasteiger partial charge on any atom is -0.497 e. The van der Waals surface area contributed by atoms with Gasteiger partial charge in [-0.05, 0) is 30.2 Å². The zero-order valence-corrected chi connectivity index (χ0v) is 10.6. The first kappa shape index (κ1) is 13.5. The summed E-state index contributed by atoms with van der Waals surface area (Å²) in [6.07, 6.45) is 0.886. The third-order valence-corrected chi connectivity index (χ3v) is 2.92. The second-order valence-corrected chi connectivity index (χ2v) is 4.13. The summed E-state index contributed by atoms with van der Waals surface area (Å²) in [5.74, 6) is 0.784. The lowest BCUT2D eigenvalue weighted by Gasteiger charge is -2.17. The normalized spacial score (nSPS) is 13.9. The summed E-state index contributed by atoms with van der Waals surface area (Å²) in [4.78, 5) is 11.8. The van der Waals surface area contributed by atoms with Gasteiger partial charge in [0.2, 0.25) is 5.91 Å². The van der Waals surface area contributed by atoms with E-state index in [4.69, 9.17) is 10.5 Å². The number of nitrogens with one attached hydrogen (secondary N) is 1. The number of anilines is 1. The molecule has 1 aromatic carbocycles. The highest BCUT2D eigenvalue weighted by Gasteiger charge is 2.19. The van der Waals surface area contributed by atoms with Gasteiger partial charge in [0.25, 0.3) is 0 Å². The van der Waals surface area contributed by atoms with Crippen LogP contribution >= 0.6 is 0 Å². The van der Waals surface area contributed by atoms with Crippen molar-refractivity contribution in [2.45, 2.75) is 26.3 Å². The Kier molecular flexibility index (Phi) is 4.97. The maximum absolute atomic E-state index is 11.8. The number of hydrogen-bond acceptors (Lipinski definition) is 3. The molecule has 0 spiro atoms. The quantitative estimate of drug-likeness (QED) is 0.822. The number of benzene rings is 1. The number of rotatable bonds is 5. The van der Waals surface area contributed by atoms with Crippen LogP contribution in [-0.2, 0) is 4.79 Å². The zero-order chi connectivity index (χ0) is 12.8. The first-order valence-electron chi connectivity index (χ1n) is 5.79. The number of hydrogen-bond donors (Lipinski definition) is 2. The van der Waals surface area contributed by atoms with Crippen molar-refractivity contribution >= 4 is 11.6 Å². The number of nitrogens with two attached hydrogens (primary N) is 1.